The zero-order valence-corrected chi connectivity index (χ0v) is 18.2. The Bertz CT molecular complexity index is 978. The molecule has 0 aliphatic rings. The van der Waals surface area contributed by atoms with Crippen LogP contribution in [-0.4, -0.2) is 54.5 Å². The van der Waals surface area contributed by atoms with Crippen LogP contribution in [0.3, 0.4) is 0 Å². The lowest BCUT2D eigenvalue weighted by Crippen LogP contribution is -2.48. The summed E-state index contributed by atoms with van der Waals surface area (Å²) in [6, 6.07) is 6.90. The minimum atomic E-state index is -0.288. The zero-order chi connectivity index (χ0) is 21.7. The lowest BCUT2D eigenvalue weighted by atomic mass is 10.1. The number of halogens is 1. The van der Waals surface area contributed by atoms with Gasteiger partial charge in [0.2, 0.25) is 5.88 Å². The Morgan fingerprint density at radius 1 is 1.20 bits per heavy atom. The van der Waals surface area contributed by atoms with Crippen LogP contribution in [0.15, 0.2) is 42.9 Å². The normalized spacial score (nSPS) is 13.0. The number of hydrogen-bond donors (Lipinski definition) is 0. The SMILES string of the molecule is CCC(C(C)Oc1ccc(Cl)cn1)N(CC)C(=O)c1nc(C)ccc1-n1nccn1. The molecule has 9 heteroatoms. The quantitative estimate of drug-likeness (QED) is 0.543. The lowest BCUT2D eigenvalue weighted by molar-refractivity contribution is 0.0465. The van der Waals surface area contributed by atoms with Gasteiger partial charge < -0.3 is 9.64 Å². The van der Waals surface area contributed by atoms with E-state index >= 15 is 0 Å². The van der Waals surface area contributed by atoms with Crippen LogP contribution in [0.5, 0.6) is 5.88 Å². The van der Waals surface area contributed by atoms with Crippen molar-refractivity contribution in [2.75, 3.05) is 6.54 Å². The molecule has 3 aromatic rings. The number of aromatic nitrogens is 5. The molecule has 0 bridgehead atoms. The molecule has 8 nitrogen and oxygen atoms in total. The van der Waals surface area contributed by atoms with Crippen molar-refractivity contribution in [3.8, 4) is 11.6 Å². The number of amides is 1. The smallest absolute Gasteiger partial charge is 0.275 e. The van der Waals surface area contributed by atoms with Crippen molar-refractivity contribution < 1.29 is 9.53 Å². The van der Waals surface area contributed by atoms with Crippen LogP contribution in [0.25, 0.3) is 5.69 Å². The molecule has 158 valence electrons. The lowest BCUT2D eigenvalue weighted by Gasteiger charge is -2.34. The first-order valence-electron chi connectivity index (χ1n) is 9.88. The highest BCUT2D eigenvalue weighted by Crippen LogP contribution is 2.21. The molecule has 3 rings (SSSR count). The van der Waals surface area contributed by atoms with Crippen LogP contribution < -0.4 is 4.74 Å². The standard InChI is InChI=1S/C21H25ClN6O2/c1-5-17(15(4)30-19-10-8-16(22)13-23-19)27(6-2)21(29)20-18(9-7-14(3)26-20)28-24-11-12-25-28/h7-13,15,17H,5-6H2,1-4H3. The van der Waals surface area contributed by atoms with Crippen LogP contribution in [0, 0.1) is 6.92 Å². The van der Waals surface area contributed by atoms with E-state index in [1.807, 2.05) is 39.8 Å². The van der Waals surface area contributed by atoms with E-state index in [1.165, 1.54) is 11.0 Å². The Hall–Kier alpha value is -3.00. The van der Waals surface area contributed by atoms with E-state index in [0.29, 0.717) is 35.2 Å². The predicted octanol–water partition coefficient (Wildman–Crippen LogP) is 3.73. The number of rotatable bonds is 8. The van der Waals surface area contributed by atoms with Gasteiger partial charge in [0.05, 0.1) is 23.5 Å². The number of hydrogen-bond acceptors (Lipinski definition) is 6. The Morgan fingerprint density at radius 2 is 1.93 bits per heavy atom. The molecular weight excluding hydrogens is 404 g/mol. The molecular formula is C21H25ClN6O2. The van der Waals surface area contributed by atoms with Crippen molar-refractivity contribution in [1.82, 2.24) is 29.9 Å². The summed E-state index contributed by atoms with van der Waals surface area (Å²) in [6.45, 7) is 8.24. The van der Waals surface area contributed by atoms with Gasteiger partial charge in [0.25, 0.3) is 5.91 Å². The van der Waals surface area contributed by atoms with Gasteiger partial charge in [-0.1, -0.05) is 18.5 Å². The van der Waals surface area contributed by atoms with Crippen molar-refractivity contribution in [1.29, 1.82) is 0 Å². The molecule has 0 spiro atoms. The minimum absolute atomic E-state index is 0.180. The molecule has 0 saturated heterocycles. The molecule has 0 radical (unpaired) electrons. The Labute approximate surface area is 180 Å². The number of aryl methyl sites for hydroxylation is 1. The molecule has 0 aliphatic carbocycles. The van der Waals surface area contributed by atoms with Crippen LogP contribution in [0.1, 0.15) is 43.4 Å². The second-order valence-electron chi connectivity index (χ2n) is 6.84. The second-order valence-corrected chi connectivity index (χ2v) is 7.28. The summed E-state index contributed by atoms with van der Waals surface area (Å²) in [5.41, 5.74) is 1.59. The predicted molar refractivity (Wildman–Crippen MR) is 114 cm³/mol. The van der Waals surface area contributed by atoms with E-state index in [0.717, 1.165) is 5.69 Å². The molecule has 0 aliphatic heterocycles. The first-order valence-corrected chi connectivity index (χ1v) is 10.3. The van der Waals surface area contributed by atoms with E-state index in [4.69, 9.17) is 16.3 Å². The number of carbonyl (C=O) groups excluding carboxylic acids is 1. The number of carbonyl (C=O) groups is 1. The Kier molecular flexibility index (Phi) is 6.99. The minimum Gasteiger partial charge on any atom is -0.472 e. The summed E-state index contributed by atoms with van der Waals surface area (Å²) in [7, 11) is 0. The largest absolute Gasteiger partial charge is 0.472 e. The van der Waals surface area contributed by atoms with Crippen LogP contribution in [0.2, 0.25) is 5.02 Å². The summed E-state index contributed by atoms with van der Waals surface area (Å²) >= 11 is 5.90. The van der Waals surface area contributed by atoms with Crippen LogP contribution in [0.4, 0.5) is 0 Å². The summed E-state index contributed by atoms with van der Waals surface area (Å²) in [4.78, 5) is 25.4. The molecule has 0 saturated carbocycles. The van der Waals surface area contributed by atoms with Gasteiger partial charge in [-0.15, -0.1) is 4.80 Å². The fourth-order valence-corrected chi connectivity index (χ4v) is 3.49. The fraction of sp³-hybridized carbons (Fsp3) is 0.381. The molecule has 1 amide bonds. The third kappa shape index (κ3) is 4.76. The van der Waals surface area contributed by atoms with Gasteiger partial charge in [0.15, 0.2) is 5.69 Å². The third-order valence-corrected chi connectivity index (χ3v) is 5.04. The molecule has 2 atom stereocenters. The Balaban J connectivity index is 1.89. The van der Waals surface area contributed by atoms with Gasteiger partial charge in [0.1, 0.15) is 11.8 Å². The molecule has 2 unspecified atom stereocenters. The molecule has 3 aromatic heterocycles. The van der Waals surface area contributed by atoms with Gasteiger partial charge in [0, 0.05) is 24.5 Å². The zero-order valence-electron chi connectivity index (χ0n) is 17.5. The maximum atomic E-state index is 13.6. The third-order valence-electron chi connectivity index (χ3n) is 4.82. The van der Waals surface area contributed by atoms with Gasteiger partial charge in [-0.3, -0.25) is 4.79 Å². The Morgan fingerprint density at radius 3 is 2.53 bits per heavy atom. The van der Waals surface area contributed by atoms with Crippen molar-refractivity contribution in [2.45, 2.75) is 46.3 Å². The van der Waals surface area contributed by atoms with Crippen molar-refractivity contribution in [3.05, 3.63) is 59.3 Å². The molecule has 0 N–H and O–H groups in total. The number of ether oxygens (including phenoxy) is 1. The number of pyridine rings is 2. The maximum absolute atomic E-state index is 13.6. The first kappa shape index (κ1) is 21.7. The number of nitrogens with zero attached hydrogens (tertiary/aromatic N) is 6. The maximum Gasteiger partial charge on any atom is 0.275 e. The second kappa shape index (κ2) is 9.67. The van der Waals surface area contributed by atoms with Crippen LogP contribution >= 0.6 is 11.6 Å². The van der Waals surface area contributed by atoms with Crippen molar-refractivity contribution >= 4 is 17.5 Å². The highest BCUT2D eigenvalue weighted by atomic mass is 35.5. The molecule has 3 heterocycles. The van der Waals surface area contributed by atoms with Crippen LogP contribution in [-0.2, 0) is 0 Å². The van der Waals surface area contributed by atoms with Gasteiger partial charge >= 0.3 is 0 Å². The topological polar surface area (TPSA) is 86.0 Å². The highest BCUT2D eigenvalue weighted by molar-refractivity contribution is 6.30. The van der Waals surface area contributed by atoms with Gasteiger partial charge in [-0.05, 0) is 45.4 Å². The van der Waals surface area contributed by atoms with E-state index in [-0.39, 0.29) is 18.1 Å². The van der Waals surface area contributed by atoms with E-state index in [9.17, 15) is 4.79 Å². The summed E-state index contributed by atoms with van der Waals surface area (Å²) in [5, 5.41) is 8.86. The van der Waals surface area contributed by atoms with Gasteiger partial charge in [-0.25, -0.2) is 9.97 Å². The highest BCUT2D eigenvalue weighted by Gasteiger charge is 2.31. The average molecular weight is 429 g/mol. The molecule has 0 fully saturated rings. The van der Waals surface area contributed by atoms with E-state index in [1.54, 1.807) is 29.4 Å². The average Bonchev–Trinajstić information content (AvgIpc) is 3.27. The van der Waals surface area contributed by atoms with Gasteiger partial charge in [-0.2, -0.15) is 10.2 Å². The first-order chi connectivity index (χ1) is 14.4. The van der Waals surface area contributed by atoms with E-state index < -0.39 is 0 Å². The van der Waals surface area contributed by atoms with Crippen molar-refractivity contribution in [2.24, 2.45) is 0 Å². The number of likely N-dealkylation sites (N-methyl/N-ethyl adjacent to an activating group) is 1. The summed E-state index contributed by atoms with van der Waals surface area (Å²) in [6.07, 6.45) is 5.08. The molecule has 0 aromatic carbocycles. The summed E-state index contributed by atoms with van der Waals surface area (Å²) in [5.74, 6) is 0.267. The summed E-state index contributed by atoms with van der Waals surface area (Å²) < 4.78 is 6.00. The fourth-order valence-electron chi connectivity index (χ4n) is 3.38. The molecule has 30 heavy (non-hydrogen) atoms. The van der Waals surface area contributed by atoms with E-state index in [2.05, 4.69) is 20.2 Å². The monoisotopic (exact) mass is 428 g/mol. The van der Waals surface area contributed by atoms with Crippen molar-refractivity contribution in [3.63, 3.8) is 0 Å².